The van der Waals surface area contributed by atoms with E-state index < -0.39 is 0 Å². The van der Waals surface area contributed by atoms with Gasteiger partial charge in [0.05, 0.1) is 21.4 Å². The van der Waals surface area contributed by atoms with Gasteiger partial charge in [-0.2, -0.15) is 5.10 Å². The SMILES string of the molecule is Clc1cccc(-c2nn(-c3ccc(OCc4ccccc4)cc3)c3c2CCCCN3)c1Cl. The van der Waals surface area contributed by atoms with E-state index in [1.807, 2.05) is 59.3 Å². The summed E-state index contributed by atoms with van der Waals surface area (Å²) in [4.78, 5) is 0. The molecule has 4 nitrogen and oxygen atoms in total. The van der Waals surface area contributed by atoms with Crippen molar-refractivity contribution < 1.29 is 4.74 Å². The summed E-state index contributed by atoms with van der Waals surface area (Å²) in [5, 5.41) is 9.61. The standard InChI is InChI=1S/C26H23Cl2N3O/c27-23-11-6-10-21(24(23)28)25-22-9-4-5-16-29-26(22)31(30-25)19-12-14-20(15-13-19)32-17-18-7-2-1-3-8-18/h1-3,6-8,10-15,29H,4-5,9,16-17H2. The van der Waals surface area contributed by atoms with Crippen LogP contribution >= 0.6 is 23.2 Å². The lowest BCUT2D eigenvalue weighted by Crippen LogP contribution is -2.07. The number of rotatable bonds is 5. The molecule has 0 aliphatic carbocycles. The minimum atomic E-state index is 0.536. The van der Waals surface area contributed by atoms with Crippen molar-refractivity contribution in [1.82, 2.24) is 9.78 Å². The van der Waals surface area contributed by atoms with Crippen LogP contribution < -0.4 is 10.1 Å². The first kappa shape index (κ1) is 20.9. The summed E-state index contributed by atoms with van der Waals surface area (Å²) in [6, 6.07) is 23.9. The van der Waals surface area contributed by atoms with Crippen LogP contribution in [0.15, 0.2) is 72.8 Å². The highest BCUT2D eigenvalue weighted by molar-refractivity contribution is 6.43. The largest absolute Gasteiger partial charge is 0.489 e. The lowest BCUT2D eigenvalue weighted by molar-refractivity contribution is 0.306. The Bertz CT molecular complexity index is 1220. The van der Waals surface area contributed by atoms with Crippen molar-refractivity contribution in [3.05, 3.63) is 94.0 Å². The predicted octanol–water partition coefficient (Wildman–Crippen LogP) is 7.17. The highest BCUT2D eigenvalue weighted by Gasteiger charge is 2.23. The maximum atomic E-state index is 6.55. The predicted molar refractivity (Wildman–Crippen MR) is 131 cm³/mol. The van der Waals surface area contributed by atoms with Crippen LogP contribution in [-0.2, 0) is 13.0 Å². The molecule has 0 unspecified atom stereocenters. The highest BCUT2D eigenvalue weighted by Crippen LogP contribution is 2.39. The van der Waals surface area contributed by atoms with Gasteiger partial charge in [-0.25, -0.2) is 4.68 Å². The molecule has 0 saturated heterocycles. The Morgan fingerprint density at radius 3 is 2.53 bits per heavy atom. The van der Waals surface area contributed by atoms with Crippen LogP contribution in [0, 0.1) is 0 Å². The Kier molecular flexibility index (Phi) is 6.06. The summed E-state index contributed by atoms with van der Waals surface area (Å²) in [6.07, 6.45) is 3.16. The van der Waals surface area contributed by atoms with Crippen molar-refractivity contribution >= 4 is 29.0 Å². The summed E-state index contributed by atoms with van der Waals surface area (Å²) in [5.41, 5.74) is 5.02. The highest BCUT2D eigenvalue weighted by atomic mass is 35.5. The van der Waals surface area contributed by atoms with Gasteiger partial charge >= 0.3 is 0 Å². The number of anilines is 1. The fourth-order valence-electron chi connectivity index (χ4n) is 4.02. The van der Waals surface area contributed by atoms with Gasteiger partial charge in [0, 0.05) is 17.7 Å². The molecule has 1 N–H and O–H groups in total. The molecule has 4 aromatic rings. The van der Waals surface area contributed by atoms with Crippen molar-refractivity contribution in [2.75, 3.05) is 11.9 Å². The summed E-state index contributed by atoms with van der Waals surface area (Å²) >= 11 is 12.9. The van der Waals surface area contributed by atoms with Crippen LogP contribution in [0.25, 0.3) is 16.9 Å². The van der Waals surface area contributed by atoms with Gasteiger partial charge < -0.3 is 10.1 Å². The Morgan fingerprint density at radius 1 is 0.906 bits per heavy atom. The van der Waals surface area contributed by atoms with E-state index >= 15 is 0 Å². The number of halogens is 2. The van der Waals surface area contributed by atoms with Crippen LogP contribution in [0.4, 0.5) is 5.82 Å². The number of hydrogen-bond acceptors (Lipinski definition) is 3. The molecule has 1 aliphatic heterocycles. The van der Waals surface area contributed by atoms with Crippen molar-refractivity contribution in [3.63, 3.8) is 0 Å². The van der Waals surface area contributed by atoms with Crippen LogP contribution in [0.5, 0.6) is 5.75 Å². The summed E-state index contributed by atoms with van der Waals surface area (Å²) in [5.74, 6) is 1.84. The third kappa shape index (κ3) is 4.21. The molecule has 0 atom stereocenters. The Labute approximate surface area is 197 Å². The molecular formula is C26H23Cl2N3O. The lowest BCUT2D eigenvalue weighted by Gasteiger charge is -2.11. The molecule has 2 heterocycles. The molecule has 1 aromatic heterocycles. The molecule has 6 heteroatoms. The maximum absolute atomic E-state index is 6.55. The van der Waals surface area contributed by atoms with Gasteiger partial charge in [0.2, 0.25) is 0 Å². The summed E-state index contributed by atoms with van der Waals surface area (Å²) in [6.45, 7) is 1.45. The summed E-state index contributed by atoms with van der Waals surface area (Å²) < 4.78 is 7.91. The molecule has 0 radical (unpaired) electrons. The molecule has 0 fully saturated rings. The van der Waals surface area contributed by atoms with Crippen molar-refractivity contribution in [3.8, 4) is 22.7 Å². The van der Waals surface area contributed by atoms with E-state index in [1.165, 1.54) is 5.56 Å². The van der Waals surface area contributed by atoms with Gasteiger partial charge in [0.1, 0.15) is 18.2 Å². The van der Waals surface area contributed by atoms with Crippen LogP contribution in [0.3, 0.4) is 0 Å². The second kappa shape index (κ2) is 9.27. The van der Waals surface area contributed by atoms with Gasteiger partial charge in [0.15, 0.2) is 0 Å². The Balaban J connectivity index is 1.48. The zero-order chi connectivity index (χ0) is 21.9. The molecule has 162 valence electrons. The fraction of sp³-hybridized carbons (Fsp3) is 0.192. The summed E-state index contributed by atoms with van der Waals surface area (Å²) in [7, 11) is 0. The molecule has 0 spiro atoms. The van der Waals surface area contributed by atoms with Crippen LogP contribution in [0.1, 0.15) is 24.0 Å². The zero-order valence-electron chi connectivity index (χ0n) is 17.5. The van der Waals surface area contributed by atoms with Crippen LogP contribution in [0.2, 0.25) is 10.0 Å². The fourth-order valence-corrected chi connectivity index (χ4v) is 4.41. The normalized spacial score (nSPS) is 13.2. The average Bonchev–Trinajstić information content (AvgIpc) is 3.01. The van der Waals surface area contributed by atoms with Gasteiger partial charge in [-0.3, -0.25) is 0 Å². The molecule has 5 rings (SSSR count). The minimum absolute atomic E-state index is 0.536. The number of fused-ring (bicyclic) bond motifs is 1. The molecular weight excluding hydrogens is 441 g/mol. The molecule has 32 heavy (non-hydrogen) atoms. The first-order valence-corrected chi connectivity index (χ1v) is 11.5. The molecule has 3 aromatic carbocycles. The number of nitrogens with zero attached hydrogens (tertiary/aromatic N) is 2. The first-order chi connectivity index (χ1) is 15.7. The van der Waals surface area contributed by atoms with Crippen LogP contribution in [-0.4, -0.2) is 16.3 Å². The van der Waals surface area contributed by atoms with E-state index in [2.05, 4.69) is 17.4 Å². The molecule has 0 bridgehead atoms. The minimum Gasteiger partial charge on any atom is -0.489 e. The van der Waals surface area contributed by atoms with Crippen molar-refractivity contribution in [1.29, 1.82) is 0 Å². The molecule has 0 saturated carbocycles. The average molecular weight is 464 g/mol. The number of benzene rings is 3. The smallest absolute Gasteiger partial charge is 0.133 e. The van der Waals surface area contributed by atoms with E-state index in [4.69, 9.17) is 33.0 Å². The second-order valence-corrected chi connectivity index (χ2v) is 8.63. The van der Waals surface area contributed by atoms with Crippen molar-refractivity contribution in [2.24, 2.45) is 0 Å². The van der Waals surface area contributed by atoms with Gasteiger partial charge in [-0.15, -0.1) is 0 Å². The second-order valence-electron chi connectivity index (χ2n) is 7.84. The monoisotopic (exact) mass is 463 g/mol. The molecule has 1 aliphatic rings. The Hall–Kier alpha value is -2.95. The van der Waals surface area contributed by atoms with E-state index in [0.29, 0.717) is 16.7 Å². The van der Waals surface area contributed by atoms with E-state index in [1.54, 1.807) is 6.07 Å². The van der Waals surface area contributed by atoms with Gasteiger partial charge in [-0.1, -0.05) is 65.7 Å². The maximum Gasteiger partial charge on any atom is 0.133 e. The van der Waals surface area contributed by atoms with Crippen molar-refractivity contribution in [2.45, 2.75) is 25.9 Å². The van der Waals surface area contributed by atoms with E-state index in [9.17, 15) is 0 Å². The van der Waals surface area contributed by atoms with E-state index in [-0.39, 0.29) is 0 Å². The topological polar surface area (TPSA) is 39.1 Å². The number of ether oxygens (including phenoxy) is 1. The third-order valence-electron chi connectivity index (χ3n) is 5.67. The van der Waals surface area contributed by atoms with E-state index in [0.717, 1.165) is 59.9 Å². The third-order valence-corrected chi connectivity index (χ3v) is 6.48. The number of nitrogens with one attached hydrogen (secondary N) is 1. The zero-order valence-corrected chi connectivity index (χ0v) is 19.0. The number of hydrogen-bond donors (Lipinski definition) is 1. The molecule has 0 amide bonds. The number of aromatic nitrogens is 2. The van der Waals surface area contributed by atoms with Gasteiger partial charge in [0.25, 0.3) is 0 Å². The first-order valence-electron chi connectivity index (χ1n) is 10.8. The Morgan fingerprint density at radius 2 is 1.72 bits per heavy atom. The van der Waals surface area contributed by atoms with Gasteiger partial charge in [-0.05, 0) is 55.2 Å². The quantitative estimate of drug-likeness (QED) is 0.340. The lowest BCUT2D eigenvalue weighted by atomic mass is 10.0.